The molecule has 0 spiro atoms. The molecule has 8 nitrogen and oxygen atoms in total. The first-order chi connectivity index (χ1) is 17.0. The third kappa shape index (κ3) is 5.83. The van der Waals surface area contributed by atoms with Crippen molar-refractivity contribution in [3.8, 4) is 0 Å². The van der Waals surface area contributed by atoms with Gasteiger partial charge in [0.1, 0.15) is 10.7 Å². The van der Waals surface area contributed by atoms with Crippen molar-refractivity contribution in [2.24, 2.45) is 0 Å². The van der Waals surface area contributed by atoms with Gasteiger partial charge in [0, 0.05) is 21.8 Å². The summed E-state index contributed by atoms with van der Waals surface area (Å²) in [5.41, 5.74) is 3.12. The van der Waals surface area contributed by atoms with Crippen molar-refractivity contribution in [1.29, 1.82) is 0 Å². The van der Waals surface area contributed by atoms with Crippen LogP contribution in [0.15, 0.2) is 47.4 Å². The van der Waals surface area contributed by atoms with Crippen LogP contribution in [0.2, 0.25) is 15.1 Å². The normalized spacial score (nSPS) is 14.8. The molecule has 0 saturated carbocycles. The molecule has 0 bridgehead atoms. The zero-order valence-electron chi connectivity index (χ0n) is 19.0. The lowest BCUT2D eigenvalue weighted by molar-refractivity contribution is 0.246. The number of urea groups is 1. The summed E-state index contributed by atoms with van der Waals surface area (Å²) in [4.78, 5) is 15.8. The van der Waals surface area contributed by atoms with E-state index in [9.17, 15) is 13.2 Å². The first kappa shape index (κ1) is 26.4. The number of aryl methyl sites for hydroxylation is 2. The van der Waals surface area contributed by atoms with Gasteiger partial charge in [0.25, 0.3) is 10.0 Å². The monoisotopic (exact) mass is 571 g/mol. The van der Waals surface area contributed by atoms with Gasteiger partial charge < -0.3 is 5.32 Å². The van der Waals surface area contributed by atoms with Crippen molar-refractivity contribution in [2.75, 3.05) is 6.54 Å². The maximum atomic E-state index is 15.3. The molecule has 13 heteroatoms. The molecular formula is C23H21Cl3FN5O3S. The van der Waals surface area contributed by atoms with Crippen molar-refractivity contribution >= 4 is 56.4 Å². The predicted molar refractivity (Wildman–Crippen MR) is 136 cm³/mol. The van der Waals surface area contributed by atoms with E-state index in [1.807, 2.05) is 4.72 Å². The summed E-state index contributed by atoms with van der Waals surface area (Å²) in [7, 11) is -4.24. The van der Waals surface area contributed by atoms with E-state index in [4.69, 9.17) is 34.8 Å². The van der Waals surface area contributed by atoms with E-state index < -0.39 is 28.4 Å². The van der Waals surface area contributed by atoms with Gasteiger partial charge in [-0.2, -0.15) is 5.10 Å². The Morgan fingerprint density at radius 2 is 1.92 bits per heavy atom. The van der Waals surface area contributed by atoms with E-state index >= 15 is 4.39 Å². The number of benzene rings is 1. The van der Waals surface area contributed by atoms with Crippen LogP contribution in [0.4, 0.5) is 9.18 Å². The molecule has 4 rings (SSSR count). The van der Waals surface area contributed by atoms with E-state index in [0.29, 0.717) is 46.4 Å². The Hall–Kier alpha value is -2.66. The average Bonchev–Trinajstić information content (AvgIpc) is 3.23. The minimum Gasteiger partial charge on any atom is -0.331 e. The van der Waals surface area contributed by atoms with Crippen LogP contribution in [0.25, 0.3) is 5.57 Å². The van der Waals surface area contributed by atoms with Crippen molar-refractivity contribution in [3.63, 3.8) is 0 Å². The maximum absolute atomic E-state index is 15.3. The molecule has 0 aliphatic heterocycles. The minimum absolute atomic E-state index is 0.138. The Morgan fingerprint density at radius 1 is 1.14 bits per heavy atom. The number of halogens is 4. The van der Waals surface area contributed by atoms with E-state index in [1.54, 1.807) is 36.0 Å². The fraction of sp³-hybridized carbons (Fsp3) is 0.261. The van der Waals surface area contributed by atoms with Crippen LogP contribution in [0.5, 0.6) is 0 Å². The summed E-state index contributed by atoms with van der Waals surface area (Å²) in [6.45, 7) is 1.42. The summed E-state index contributed by atoms with van der Waals surface area (Å²) in [6, 6.07) is 5.22. The molecule has 3 aromatic rings. The van der Waals surface area contributed by atoms with Crippen LogP contribution in [0.1, 0.15) is 35.4 Å². The van der Waals surface area contributed by atoms with Crippen molar-refractivity contribution in [3.05, 3.63) is 80.1 Å². The standard InChI is InChI=1S/C23H21Cl3FN5O3S/c1-13-19(25)8-17(10-28-13)36(34,35)31-23(33)29-11-21(27)18-4-2-3-14-9-30-32(22(14)18)12-15-5-6-16(24)7-20(15)26/h5-10H,2-4,11-12H2,1H3,(H2,29,31,33). The molecule has 1 aliphatic carbocycles. The Labute approximate surface area is 222 Å². The zero-order chi connectivity index (χ0) is 26.0. The number of fused-ring (bicyclic) bond motifs is 1. The number of sulfonamides is 1. The quantitative estimate of drug-likeness (QED) is 0.417. The lowest BCUT2D eigenvalue weighted by atomic mass is 9.92. The second-order valence-electron chi connectivity index (χ2n) is 8.18. The summed E-state index contributed by atoms with van der Waals surface area (Å²) in [5, 5.41) is 7.78. The van der Waals surface area contributed by atoms with Gasteiger partial charge in [-0.3, -0.25) is 9.67 Å². The number of carbonyl (C=O) groups is 1. The maximum Gasteiger partial charge on any atom is 0.329 e. The lowest BCUT2D eigenvalue weighted by Crippen LogP contribution is -2.40. The zero-order valence-corrected chi connectivity index (χ0v) is 22.1. The number of hydrogen-bond donors (Lipinski definition) is 2. The van der Waals surface area contributed by atoms with Gasteiger partial charge in [-0.1, -0.05) is 40.9 Å². The van der Waals surface area contributed by atoms with Crippen LogP contribution in [0.3, 0.4) is 0 Å². The SMILES string of the molecule is Cc1ncc(S(=O)(=O)NC(=O)NCC(F)=C2CCCc3cnn(Cc4ccc(Cl)cc4Cl)c32)cc1Cl. The lowest BCUT2D eigenvalue weighted by Gasteiger charge is -2.19. The van der Waals surface area contributed by atoms with Crippen LogP contribution in [-0.4, -0.2) is 35.8 Å². The molecule has 0 fully saturated rings. The molecule has 36 heavy (non-hydrogen) atoms. The first-order valence-electron chi connectivity index (χ1n) is 10.8. The molecule has 190 valence electrons. The van der Waals surface area contributed by atoms with Crippen molar-refractivity contribution < 1.29 is 17.6 Å². The van der Waals surface area contributed by atoms with Crippen LogP contribution >= 0.6 is 34.8 Å². The number of rotatable bonds is 6. The van der Waals surface area contributed by atoms with Gasteiger partial charge >= 0.3 is 6.03 Å². The Bertz CT molecular complexity index is 1470. The molecule has 1 aromatic carbocycles. The Morgan fingerprint density at radius 3 is 2.64 bits per heavy atom. The van der Waals surface area contributed by atoms with Crippen molar-refractivity contribution in [2.45, 2.75) is 37.6 Å². The predicted octanol–water partition coefficient (Wildman–Crippen LogP) is 5.30. The summed E-state index contributed by atoms with van der Waals surface area (Å²) >= 11 is 18.2. The van der Waals surface area contributed by atoms with Gasteiger partial charge in [-0.25, -0.2) is 22.3 Å². The Balaban J connectivity index is 1.49. The average molecular weight is 573 g/mol. The molecule has 1 aliphatic rings. The first-order valence-corrected chi connectivity index (χ1v) is 13.5. The summed E-state index contributed by atoms with van der Waals surface area (Å²) in [6.07, 6.45) is 4.66. The molecule has 2 amide bonds. The number of aromatic nitrogens is 3. The van der Waals surface area contributed by atoms with Gasteiger partial charge in [-0.15, -0.1) is 0 Å². The number of nitrogens with one attached hydrogen (secondary N) is 2. The number of hydrogen-bond acceptors (Lipinski definition) is 5. The van der Waals surface area contributed by atoms with Crippen LogP contribution < -0.4 is 10.0 Å². The van der Waals surface area contributed by atoms with Crippen LogP contribution in [0, 0.1) is 6.92 Å². The third-order valence-corrected chi connectivity index (χ3v) is 7.95. The van der Waals surface area contributed by atoms with Gasteiger partial charge in [0.05, 0.1) is 35.7 Å². The third-order valence-electron chi connectivity index (χ3n) is 5.68. The topological polar surface area (TPSA) is 106 Å². The summed E-state index contributed by atoms with van der Waals surface area (Å²) < 4.78 is 43.7. The molecule has 0 radical (unpaired) electrons. The molecule has 2 N–H and O–H groups in total. The van der Waals surface area contributed by atoms with Gasteiger partial charge in [0.15, 0.2) is 0 Å². The van der Waals surface area contributed by atoms with E-state index in [0.717, 1.165) is 23.7 Å². The number of allylic oxidation sites excluding steroid dienone is 1. The second-order valence-corrected chi connectivity index (χ2v) is 11.1. The second kappa shape index (κ2) is 10.8. The molecular weight excluding hydrogens is 552 g/mol. The largest absolute Gasteiger partial charge is 0.331 e. The van der Waals surface area contributed by atoms with Crippen LogP contribution in [-0.2, 0) is 23.0 Å². The molecule has 0 unspecified atom stereocenters. The van der Waals surface area contributed by atoms with Crippen molar-refractivity contribution in [1.82, 2.24) is 24.8 Å². The fourth-order valence-corrected chi connectivity index (χ4v) is 5.44. The highest BCUT2D eigenvalue weighted by molar-refractivity contribution is 7.90. The molecule has 0 atom stereocenters. The van der Waals surface area contributed by atoms with E-state index in [-0.39, 0.29) is 9.92 Å². The number of carbonyl (C=O) groups excluding carboxylic acids is 1. The highest BCUT2D eigenvalue weighted by Crippen LogP contribution is 2.34. The number of amides is 2. The highest BCUT2D eigenvalue weighted by atomic mass is 35.5. The highest BCUT2D eigenvalue weighted by Gasteiger charge is 2.25. The molecule has 0 saturated heterocycles. The summed E-state index contributed by atoms with van der Waals surface area (Å²) in [5.74, 6) is -0.590. The number of nitrogens with zero attached hydrogens (tertiary/aromatic N) is 3. The van der Waals surface area contributed by atoms with E-state index in [2.05, 4.69) is 15.4 Å². The van der Waals surface area contributed by atoms with Gasteiger partial charge in [-0.05, 0) is 55.5 Å². The molecule has 2 aromatic heterocycles. The van der Waals surface area contributed by atoms with Gasteiger partial charge in [0.2, 0.25) is 0 Å². The molecule has 2 heterocycles. The fourth-order valence-electron chi connectivity index (χ4n) is 3.84. The smallest absolute Gasteiger partial charge is 0.329 e. The minimum atomic E-state index is -4.24. The van der Waals surface area contributed by atoms with E-state index in [1.165, 1.54) is 6.07 Å². The number of pyridine rings is 1. The Kier molecular flexibility index (Phi) is 7.89.